The van der Waals surface area contributed by atoms with Crippen molar-refractivity contribution in [2.75, 3.05) is 11.9 Å². The van der Waals surface area contributed by atoms with Crippen LogP contribution in [0.3, 0.4) is 0 Å². The number of benzene rings is 5. The highest BCUT2D eigenvalue weighted by Gasteiger charge is 2.39. The highest BCUT2D eigenvalue weighted by atomic mass is 32.2. The average molecular weight is 730 g/mol. The number of anilines is 1. The molecule has 1 nitrogen and oxygen atoms in total. The minimum Gasteiger partial charge on any atom is -0.347 e. The molecular weight excluding hydrogens is 687 g/mol. The van der Waals surface area contributed by atoms with Gasteiger partial charge < -0.3 is 4.90 Å². The van der Waals surface area contributed by atoms with Crippen molar-refractivity contribution in [3.8, 4) is 0 Å². The van der Waals surface area contributed by atoms with E-state index in [1.165, 1.54) is 21.9 Å². The topological polar surface area (TPSA) is 3.24 Å². The Bertz CT molecular complexity index is 2420. The lowest BCUT2D eigenvalue weighted by molar-refractivity contribution is 0.426. The molecular formula is C47H43F4NS. The summed E-state index contributed by atoms with van der Waals surface area (Å²) in [5.41, 5.74) is 7.51. The molecule has 53 heavy (non-hydrogen) atoms. The van der Waals surface area contributed by atoms with Gasteiger partial charge in [-0.05, 0) is 93.3 Å². The predicted octanol–water partition coefficient (Wildman–Crippen LogP) is 13.7. The van der Waals surface area contributed by atoms with Gasteiger partial charge in [0.15, 0.2) is 23.3 Å². The van der Waals surface area contributed by atoms with E-state index in [1.807, 2.05) is 36.4 Å². The molecule has 6 heteroatoms. The molecule has 0 N–H and O–H groups in total. The number of hydrogen-bond acceptors (Lipinski definition) is 2. The van der Waals surface area contributed by atoms with Gasteiger partial charge in [-0.15, -0.1) is 0 Å². The number of hydrogen-bond donors (Lipinski definition) is 0. The van der Waals surface area contributed by atoms with Crippen LogP contribution in [0.25, 0.3) is 21.5 Å². The molecule has 0 aromatic heterocycles. The molecule has 0 bridgehead atoms. The number of likely N-dealkylation sites (N-methyl/N-ethyl adjacent to an activating group) is 1. The van der Waals surface area contributed by atoms with Gasteiger partial charge in [0.1, 0.15) is 0 Å². The first-order valence-electron chi connectivity index (χ1n) is 18.0. The molecule has 0 amide bonds. The number of nitrogens with zero attached hydrogens (tertiary/aromatic N) is 1. The Hall–Kier alpha value is -4.81. The van der Waals surface area contributed by atoms with E-state index in [1.54, 1.807) is 0 Å². The van der Waals surface area contributed by atoms with Gasteiger partial charge in [0.2, 0.25) is 0 Å². The Morgan fingerprint density at radius 3 is 2.15 bits per heavy atom. The van der Waals surface area contributed by atoms with Crippen LogP contribution in [0.5, 0.6) is 0 Å². The van der Waals surface area contributed by atoms with Crippen molar-refractivity contribution >= 4 is 39.0 Å². The van der Waals surface area contributed by atoms with E-state index in [-0.39, 0.29) is 11.5 Å². The number of rotatable bonds is 7. The zero-order chi connectivity index (χ0) is 37.8. The van der Waals surface area contributed by atoms with Crippen LogP contribution in [0.4, 0.5) is 23.2 Å². The molecule has 0 unspecified atom stereocenters. The first-order chi connectivity index (χ1) is 25.2. The monoisotopic (exact) mass is 729 g/mol. The molecule has 2 aliphatic rings. The van der Waals surface area contributed by atoms with Crippen molar-refractivity contribution in [3.05, 3.63) is 177 Å². The molecule has 0 saturated carbocycles. The van der Waals surface area contributed by atoms with E-state index in [0.717, 1.165) is 62.6 Å². The molecule has 0 radical (unpaired) electrons. The van der Waals surface area contributed by atoms with Gasteiger partial charge in [0, 0.05) is 40.2 Å². The number of fused-ring (bicyclic) bond motifs is 4. The number of allylic oxidation sites excluding steroid dienone is 8. The lowest BCUT2D eigenvalue weighted by Gasteiger charge is -2.30. The Morgan fingerprint density at radius 2 is 1.45 bits per heavy atom. The lowest BCUT2D eigenvalue weighted by Crippen LogP contribution is -2.22. The molecule has 0 fully saturated rings. The van der Waals surface area contributed by atoms with Crippen LogP contribution in [-0.2, 0) is 10.8 Å². The fourth-order valence-corrected chi connectivity index (χ4v) is 9.43. The molecule has 7 rings (SSSR count). The van der Waals surface area contributed by atoms with Gasteiger partial charge >= 0.3 is 0 Å². The fourth-order valence-electron chi connectivity index (χ4n) is 8.25. The lowest BCUT2D eigenvalue weighted by atomic mass is 9.74. The van der Waals surface area contributed by atoms with E-state index in [0.29, 0.717) is 17.7 Å². The van der Waals surface area contributed by atoms with Crippen molar-refractivity contribution in [1.82, 2.24) is 0 Å². The third-order valence-electron chi connectivity index (χ3n) is 11.1. The predicted molar refractivity (Wildman–Crippen MR) is 215 cm³/mol. The second-order valence-corrected chi connectivity index (χ2v) is 16.2. The zero-order valence-corrected chi connectivity index (χ0v) is 31.8. The summed E-state index contributed by atoms with van der Waals surface area (Å²) in [6, 6.07) is 25.5. The summed E-state index contributed by atoms with van der Waals surface area (Å²) >= 11 is 0.752. The van der Waals surface area contributed by atoms with Crippen molar-refractivity contribution in [3.63, 3.8) is 0 Å². The second-order valence-electron chi connectivity index (χ2n) is 15.2. The maximum absolute atomic E-state index is 15.2. The summed E-state index contributed by atoms with van der Waals surface area (Å²) in [7, 11) is 2.05. The standard InChI is InChI=1S/C47H43F4NS/c1-28-19-21-30-13-8-10-17-34(30)40(28)46(3,4)29(2)20-22-32-15-12-16-33(44(32)53-45-42(50)36(48)27-37(49)43(45)51)24-26-39-47(5,6)41-35-18-11-9-14-31(35)23-25-38(41)52(39)7/h8-11,13-14,17-27H,2,12,15-16H2,1,3-7H3/b22-20+,33-24+,39-26+. The molecule has 1 aliphatic heterocycles. The van der Waals surface area contributed by atoms with Crippen LogP contribution >= 0.6 is 11.8 Å². The minimum absolute atomic E-state index is 0.257. The molecule has 5 aromatic rings. The maximum Gasteiger partial charge on any atom is 0.175 e. The molecule has 270 valence electrons. The highest BCUT2D eigenvalue weighted by Crippen LogP contribution is 2.51. The molecule has 1 aliphatic carbocycles. The van der Waals surface area contributed by atoms with E-state index >= 15 is 8.78 Å². The summed E-state index contributed by atoms with van der Waals surface area (Å²) in [5.74, 6) is -5.65. The Balaban J connectivity index is 1.33. The quantitative estimate of drug-likeness (QED) is 0.0932. The van der Waals surface area contributed by atoms with Crippen molar-refractivity contribution in [2.24, 2.45) is 0 Å². The van der Waals surface area contributed by atoms with Crippen LogP contribution in [0.15, 0.2) is 142 Å². The summed E-state index contributed by atoms with van der Waals surface area (Å²) in [6.07, 6.45) is 10.1. The number of thioether (sulfide) groups is 1. The van der Waals surface area contributed by atoms with Gasteiger partial charge in [0.25, 0.3) is 0 Å². The number of aryl methyl sites for hydroxylation is 1. The first kappa shape index (κ1) is 36.5. The maximum atomic E-state index is 15.2. The van der Waals surface area contributed by atoms with Crippen molar-refractivity contribution in [2.45, 2.75) is 69.6 Å². The van der Waals surface area contributed by atoms with Crippen LogP contribution in [0.2, 0.25) is 0 Å². The van der Waals surface area contributed by atoms with Gasteiger partial charge in [-0.2, -0.15) is 0 Å². The second kappa shape index (κ2) is 13.9. The SMILES string of the molecule is C=C(/C=C/C1=C(Sc2c(F)c(F)cc(F)c2F)C(=C/C=C2/N(C)c3ccc4ccccc4c3C2(C)C)/CCC1)C(C)(C)c1c(C)ccc2ccccc12. The van der Waals surface area contributed by atoms with Gasteiger partial charge in [-0.1, -0.05) is 131 Å². The largest absolute Gasteiger partial charge is 0.347 e. The average Bonchev–Trinajstić information content (AvgIpc) is 3.34. The summed E-state index contributed by atoms with van der Waals surface area (Å²) in [5, 5.41) is 4.67. The molecule has 0 saturated heterocycles. The third-order valence-corrected chi connectivity index (χ3v) is 12.4. The molecule has 0 spiro atoms. The van der Waals surface area contributed by atoms with Crippen LogP contribution in [-0.4, -0.2) is 7.05 Å². The van der Waals surface area contributed by atoms with E-state index in [2.05, 4.69) is 114 Å². The van der Waals surface area contributed by atoms with E-state index in [9.17, 15) is 8.78 Å². The van der Waals surface area contributed by atoms with E-state index in [4.69, 9.17) is 0 Å². The van der Waals surface area contributed by atoms with Crippen molar-refractivity contribution < 1.29 is 17.6 Å². The highest BCUT2D eigenvalue weighted by molar-refractivity contribution is 8.03. The van der Waals surface area contributed by atoms with Gasteiger partial charge in [-0.3, -0.25) is 0 Å². The van der Waals surface area contributed by atoms with Gasteiger partial charge in [0.05, 0.1) is 4.90 Å². The van der Waals surface area contributed by atoms with E-state index < -0.39 is 33.6 Å². The normalized spacial score (nSPS) is 17.6. The minimum atomic E-state index is -1.42. The Labute approximate surface area is 314 Å². The van der Waals surface area contributed by atoms with Crippen molar-refractivity contribution in [1.29, 1.82) is 0 Å². The summed E-state index contributed by atoms with van der Waals surface area (Å²) in [6.45, 7) is 15.3. The zero-order valence-electron chi connectivity index (χ0n) is 31.0. The molecule has 0 atom stereocenters. The fraction of sp³-hybridized carbons (Fsp3) is 0.234. The molecule has 1 heterocycles. The van der Waals surface area contributed by atoms with Crippen LogP contribution in [0, 0.1) is 30.2 Å². The first-order valence-corrected chi connectivity index (χ1v) is 18.8. The summed E-state index contributed by atoms with van der Waals surface area (Å²) in [4.78, 5) is 2.09. The smallest absolute Gasteiger partial charge is 0.175 e. The van der Waals surface area contributed by atoms with Crippen LogP contribution in [0.1, 0.15) is 63.6 Å². The number of halogens is 4. The third kappa shape index (κ3) is 6.35. The van der Waals surface area contributed by atoms with Gasteiger partial charge in [-0.25, -0.2) is 17.6 Å². The van der Waals surface area contributed by atoms with Crippen LogP contribution < -0.4 is 4.90 Å². The Morgan fingerprint density at radius 1 is 0.830 bits per heavy atom. The molecule has 5 aromatic carbocycles. The summed E-state index contributed by atoms with van der Waals surface area (Å²) < 4.78 is 59.5. The Kier molecular flexibility index (Phi) is 9.57.